The first-order chi connectivity index (χ1) is 10.6. The molecule has 3 rings (SSSR count). The minimum absolute atomic E-state index is 0.116. The summed E-state index contributed by atoms with van der Waals surface area (Å²) in [6, 6.07) is 1.89. The average Bonchev–Trinajstić information content (AvgIpc) is 3.12. The predicted molar refractivity (Wildman–Crippen MR) is 85.1 cm³/mol. The number of carbonyl (C=O) groups is 1. The molecule has 22 heavy (non-hydrogen) atoms. The lowest BCUT2D eigenvalue weighted by molar-refractivity contribution is 0.101. The average molecular weight is 301 g/mol. The highest BCUT2D eigenvalue weighted by Gasteiger charge is 2.19. The van der Waals surface area contributed by atoms with Gasteiger partial charge >= 0.3 is 0 Å². The third-order valence-corrected chi connectivity index (χ3v) is 4.13. The maximum Gasteiger partial charge on any atom is 0.275 e. The summed E-state index contributed by atoms with van der Waals surface area (Å²) in [6.07, 6.45) is 5.05. The van der Waals surface area contributed by atoms with E-state index >= 15 is 0 Å². The fourth-order valence-corrected chi connectivity index (χ4v) is 2.84. The monoisotopic (exact) mass is 301 g/mol. The zero-order chi connectivity index (χ0) is 15.7. The number of amides is 1. The minimum atomic E-state index is -0.116. The van der Waals surface area contributed by atoms with Crippen LogP contribution in [-0.4, -0.2) is 25.2 Å². The molecule has 0 saturated carbocycles. The topological polar surface area (TPSA) is 64.7 Å². The molecule has 118 valence electrons. The highest BCUT2D eigenvalue weighted by Crippen LogP contribution is 2.21. The van der Waals surface area contributed by atoms with Gasteiger partial charge in [0, 0.05) is 19.5 Å². The molecular weight excluding hydrogens is 278 g/mol. The zero-order valence-corrected chi connectivity index (χ0v) is 13.5. The van der Waals surface area contributed by atoms with Crippen LogP contribution in [0.5, 0.6) is 0 Å². The Hall–Kier alpha value is -2.11. The Balaban J connectivity index is 1.84. The van der Waals surface area contributed by atoms with E-state index in [2.05, 4.69) is 33.8 Å². The fourth-order valence-electron chi connectivity index (χ4n) is 2.84. The summed E-state index contributed by atoms with van der Waals surface area (Å²) in [6.45, 7) is 7.76. The summed E-state index contributed by atoms with van der Waals surface area (Å²) < 4.78 is 3.87. The van der Waals surface area contributed by atoms with Crippen molar-refractivity contribution >= 4 is 11.7 Å². The van der Waals surface area contributed by atoms with Gasteiger partial charge in [0.25, 0.3) is 5.91 Å². The van der Waals surface area contributed by atoms with Crippen LogP contribution in [0.4, 0.5) is 5.82 Å². The van der Waals surface area contributed by atoms with E-state index in [0.29, 0.717) is 18.2 Å². The van der Waals surface area contributed by atoms with Crippen LogP contribution in [0.3, 0.4) is 0 Å². The molecule has 1 aliphatic rings. The van der Waals surface area contributed by atoms with Crippen LogP contribution in [0, 0.1) is 0 Å². The number of fused-ring (bicyclic) bond motifs is 1. The Kier molecular flexibility index (Phi) is 4.00. The summed E-state index contributed by atoms with van der Waals surface area (Å²) >= 11 is 0. The third-order valence-electron chi connectivity index (χ3n) is 4.13. The Morgan fingerprint density at radius 1 is 1.41 bits per heavy atom. The molecule has 2 aromatic heterocycles. The molecule has 0 unspecified atom stereocenters. The zero-order valence-electron chi connectivity index (χ0n) is 13.5. The molecule has 6 nitrogen and oxygen atoms in total. The number of imidazole rings is 1. The van der Waals surface area contributed by atoms with E-state index < -0.39 is 0 Å². The fraction of sp³-hybridized carbons (Fsp3) is 0.562. The Morgan fingerprint density at radius 3 is 2.95 bits per heavy atom. The van der Waals surface area contributed by atoms with Crippen LogP contribution >= 0.6 is 0 Å². The van der Waals surface area contributed by atoms with Crippen molar-refractivity contribution in [1.29, 1.82) is 0 Å². The van der Waals surface area contributed by atoms with Gasteiger partial charge in [0.15, 0.2) is 0 Å². The van der Waals surface area contributed by atoms with Crippen molar-refractivity contribution < 1.29 is 4.79 Å². The maximum absolute atomic E-state index is 12.6. The molecule has 1 N–H and O–H groups in total. The van der Waals surface area contributed by atoms with E-state index in [-0.39, 0.29) is 5.91 Å². The van der Waals surface area contributed by atoms with Gasteiger partial charge in [0.1, 0.15) is 17.3 Å². The van der Waals surface area contributed by atoms with Gasteiger partial charge in [0.2, 0.25) is 0 Å². The Bertz CT molecular complexity index is 683. The number of anilines is 1. The van der Waals surface area contributed by atoms with Crippen molar-refractivity contribution in [3.05, 3.63) is 29.5 Å². The number of nitrogens with zero attached hydrogens (tertiary/aromatic N) is 4. The second-order valence-electron chi connectivity index (χ2n) is 6.05. The summed E-state index contributed by atoms with van der Waals surface area (Å²) in [5.41, 5.74) is 1.56. The predicted octanol–water partition coefficient (Wildman–Crippen LogP) is 2.81. The van der Waals surface area contributed by atoms with Crippen molar-refractivity contribution in [2.75, 3.05) is 5.32 Å². The van der Waals surface area contributed by atoms with E-state index in [0.717, 1.165) is 36.7 Å². The highest BCUT2D eigenvalue weighted by atomic mass is 16.2. The number of nitrogens with one attached hydrogen (secondary N) is 1. The lowest BCUT2D eigenvalue weighted by Gasteiger charge is -2.16. The summed E-state index contributed by atoms with van der Waals surface area (Å²) in [7, 11) is 0. The van der Waals surface area contributed by atoms with E-state index in [1.54, 1.807) is 10.9 Å². The van der Waals surface area contributed by atoms with Gasteiger partial charge < -0.3 is 9.88 Å². The van der Waals surface area contributed by atoms with Crippen LogP contribution in [0.2, 0.25) is 0 Å². The highest BCUT2D eigenvalue weighted by molar-refractivity contribution is 6.02. The first-order valence-corrected chi connectivity index (χ1v) is 8.03. The van der Waals surface area contributed by atoms with Gasteiger partial charge in [-0.15, -0.1) is 0 Å². The van der Waals surface area contributed by atoms with Crippen LogP contribution in [-0.2, 0) is 19.5 Å². The Labute approximate surface area is 130 Å². The molecular formula is C16H23N5O. The molecule has 0 bridgehead atoms. The Morgan fingerprint density at radius 2 is 2.23 bits per heavy atom. The summed E-state index contributed by atoms with van der Waals surface area (Å²) in [4.78, 5) is 17.0. The summed E-state index contributed by atoms with van der Waals surface area (Å²) in [5, 5.41) is 7.49. The van der Waals surface area contributed by atoms with Crippen molar-refractivity contribution in [3.8, 4) is 0 Å². The maximum atomic E-state index is 12.6. The van der Waals surface area contributed by atoms with Crippen LogP contribution < -0.4 is 5.32 Å². The lowest BCUT2D eigenvalue weighted by atomic mass is 10.1. The summed E-state index contributed by atoms with van der Waals surface area (Å²) in [5.74, 6) is 2.04. The molecule has 0 saturated heterocycles. The standard InChI is InChI=1S/C16H23N5O/c1-4-21-13(9-12(19-21)11(2)3)16(22)18-15-10-17-14-7-5-6-8-20(14)15/h9-11H,4-8H2,1-3H3,(H,18,22). The van der Waals surface area contributed by atoms with Gasteiger partial charge in [-0.2, -0.15) is 5.10 Å². The molecule has 2 aromatic rings. The van der Waals surface area contributed by atoms with E-state index in [1.165, 1.54) is 6.42 Å². The molecule has 0 aliphatic carbocycles. The minimum Gasteiger partial charge on any atom is -0.315 e. The second-order valence-corrected chi connectivity index (χ2v) is 6.05. The number of aromatic nitrogens is 4. The number of hydrogen-bond donors (Lipinski definition) is 1. The van der Waals surface area contributed by atoms with E-state index in [1.807, 2.05) is 13.0 Å². The van der Waals surface area contributed by atoms with Gasteiger partial charge in [-0.05, 0) is 31.7 Å². The number of aryl methyl sites for hydroxylation is 2. The van der Waals surface area contributed by atoms with Crippen molar-refractivity contribution in [2.45, 2.75) is 59.0 Å². The smallest absolute Gasteiger partial charge is 0.275 e. The first-order valence-electron chi connectivity index (χ1n) is 8.03. The molecule has 0 atom stereocenters. The van der Waals surface area contributed by atoms with Gasteiger partial charge in [-0.25, -0.2) is 4.98 Å². The molecule has 0 radical (unpaired) electrons. The molecule has 0 fully saturated rings. The van der Waals surface area contributed by atoms with Crippen LogP contribution in [0.15, 0.2) is 12.3 Å². The molecule has 3 heterocycles. The third kappa shape index (κ3) is 2.65. The second kappa shape index (κ2) is 5.94. The van der Waals surface area contributed by atoms with Crippen molar-refractivity contribution in [2.24, 2.45) is 0 Å². The lowest BCUT2D eigenvalue weighted by Crippen LogP contribution is -2.20. The normalized spacial score (nSPS) is 14.2. The molecule has 1 aliphatic heterocycles. The van der Waals surface area contributed by atoms with E-state index in [9.17, 15) is 4.79 Å². The van der Waals surface area contributed by atoms with Crippen LogP contribution in [0.25, 0.3) is 0 Å². The molecule has 0 spiro atoms. The number of rotatable bonds is 4. The number of carbonyl (C=O) groups excluding carboxylic acids is 1. The van der Waals surface area contributed by atoms with Crippen LogP contribution in [0.1, 0.15) is 61.5 Å². The van der Waals surface area contributed by atoms with Crippen molar-refractivity contribution in [3.63, 3.8) is 0 Å². The number of hydrogen-bond acceptors (Lipinski definition) is 3. The largest absolute Gasteiger partial charge is 0.315 e. The SMILES string of the molecule is CCn1nc(C(C)C)cc1C(=O)Nc1cnc2n1CCCC2. The first kappa shape index (κ1) is 14.8. The van der Waals surface area contributed by atoms with Gasteiger partial charge in [0.05, 0.1) is 11.9 Å². The van der Waals surface area contributed by atoms with Gasteiger partial charge in [-0.1, -0.05) is 13.8 Å². The molecule has 0 aromatic carbocycles. The molecule has 6 heteroatoms. The van der Waals surface area contributed by atoms with E-state index in [4.69, 9.17) is 0 Å². The van der Waals surface area contributed by atoms with Crippen molar-refractivity contribution in [1.82, 2.24) is 19.3 Å². The molecule has 1 amide bonds. The van der Waals surface area contributed by atoms with Gasteiger partial charge in [-0.3, -0.25) is 9.48 Å². The quantitative estimate of drug-likeness (QED) is 0.944.